The maximum atomic E-state index is 13.6. The van der Waals surface area contributed by atoms with Gasteiger partial charge in [-0.3, -0.25) is 13.9 Å². The number of carbonyl (C=O) groups is 2. The maximum Gasteiger partial charge on any atom is 0.243 e. The van der Waals surface area contributed by atoms with Crippen LogP contribution < -0.4 is 14.4 Å². The van der Waals surface area contributed by atoms with Gasteiger partial charge in [-0.05, 0) is 68.5 Å². The van der Waals surface area contributed by atoms with E-state index in [9.17, 15) is 18.0 Å². The molecule has 0 saturated carbocycles. The summed E-state index contributed by atoms with van der Waals surface area (Å²) < 4.78 is 31.7. The van der Waals surface area contributed by atoms with E-state index in [-0.39, 0.29) is 43.8 Å². The fraction of sp³-hybridized carbons (Fsp3) is 0.500. The largest absolute Gasteiger partial charge is 0.497 e. The SMILES string of the molecule is CC[C@H](C)NC(=O)[C@H](CC)N(Cc1ccc(OC)cc1)C(=O)CCCN(c1cc(Cl)ccc1C)S(C)(=O)=O. The van der Waals surface area contributed by atoms with Crippen molar-refractivity contribution in [2.45, 2.75) is 72.0 Å². The van der Waals surface area contributed by atoms with E-state index in [1.54, 1.807) is 30.2 Å². The quantitative estimate of drug-likeness (QED) is 0.350. The highest BCUT2D eigenvalue weighted by molar-refractivity contribution is 7.92. The lowest BCUT2D eigenvalue weighted by atomic mass is 10.1. The molecule has 2 aromatic carbocycles. The van der Waals surface area contributed by atoms with Gasteiger partial charge in [-0.2, -0.15) is 0 Å². The second-order valence-electron chi connectivity index (χ2n) is 9.48. The van der Waals surface area contributed by atoms with Gasteiger partial charge in [0, 0.05) is 30.6 Å². The lowest BCUT2D eigenvalue weighted by molar-refractivity contribution is -0.141. The zero-order valence-corrected chi connectivity index (χ0v) is 24.7. The van der Waals surface area contributed by atoms with E-state index < -0.39 is 16.1 Å². The summed E-state index contributed by atoms with van der Waals surface area (Å²) >= 11 is 6.13. The molecule has 0 spiro atoms. The van der Waals surface area contributed by atoms with Crippen LogP contribution in [-0.4, -0.2) is 57.1 Å². The molecule has 0 aliphatic carbocycles. The van der Waals surface area contributed by atoms with E-state index in [4.69, 9.17) is 16.3 Å². The zero-order chi connectivity index (χ0) is 28.5. The Morgan fingerprint density at radius 2 is 1.74 bits per heavy atom. The Labute approximate surface area is 232 Å². The van der Waals surface area contributed by atoms with E-state index in [1.165, 1.54) is 4.31 Å². The Morgan fingerprint density at radius 1 is 1.08 bits per heavy atom. The Bertz CT molecular complexity index is 1190. The van der Waals surface area contributed by atoms with Crippen LogP contribution in [0, 0.1) is 6.92 Å². The van der Waals surface area contributed by atoms with Crippen LogP contribution in [0.2, 0.25) is 5.02 Å². The van der Waals surface area contributed by atoms with Crippen LogP contribution in [-0.2, 0) is 26.2 Å². The second kappa shape index (κ2) is 14.4. The van der Waals surface area contributed by atoms with Crippen LogP contribution in [0.1, 0.15) is 57.6 Å². The van der Waals surface area contributed by atoms with Gasteiger partial charge in [-0.25, -0.2) is 8.42 Å². The average molecular weight is 566 g/mol. The number of hydrogen-bond acceptors (Lipinski definition) is 5. The molecule has 0 aliphatic heterocycles. The number of nitrogens with one attached hydrogen (secondary N) is 1. The molecule has 2 amide bonds. The number of halogens is 1. The molecular weight excluding hydrogens is 526 g/mol. The predicted molar refractivity (Wildman–Crippen MR) is 153 cm³/mol. The Morgan fingerprint density at radius 3 is 2.29 bits per heavy atom. The second-order valence-corrected chi connectivity index (χ2v) is 11.8. The molecular formula is C28H40ClN3O5S. The highest BCUT2D eigenvalue weighted by Gasteiger charge is 2.29. The number of anilines is 1. The van der Waals surface area contributed by atoms with Crippen LogP contribution in [0.5, 0.6) is 5.75 Å². The summed E-state index contributed by atoms with van der Waals surface area (Å²) in [4.78, 5) is 28.3. The van der Waals surface area contributed by atoms with Gasteiger partial charge in [0.2, 0.25) is 21.8 Å². The highest BCUT2D eigenvalue weighted by atomic mass is 35.5. The number of hydrogen-bond donors (Lipinski definition) is 1. The molecule has 0 saturated heterocycles. The molecule has 0 aromatic heterocycles. The molecule has 0 heterocycles. The third-order valence-corrected chi connectivity index (χ3v) is 7.91. The lowest BCUT2D eigenvalue weighted by Crippen LogP contribution is -2.50. The van der Waals surface area contributed by atoms with Crippen molar-refractivity contribution >= 4 is 39.1 Å². The summed E-state index contributed by atoms with van der Waals surface area (Å²) in [5, 5.41) is 3.42. The van der Waals surface area contributed by atoms with Gasteiger partial charge >= 0.3 is 0 Å². The third kappa shape index (κ3) is 8.91. The van der Waals surface area contributed by atoms with Gasteiger partial charge in [-0.1, -0.05) is 43.6 Å². The Kier molecular flexibility index (Phi) is 11.9. The van der Waals surface area contributed by atoms with E-state index in [2.05, 4.69) is 5.32 Å². The summed E-state index contributed by atoms with van der Waals surface area (Å²) in [6.45, 7) is 7.96. The van der Waals surface area contributed by atoms with Crippen LogP contribution in [0.4, 0.5) is 5.69 Å². The molecule has 8 nitrogen and oxygen atoms in total. The Balaban J connectivity index is 2.26. The minimum atomic E-state index is -3.61. The van der Waals surface area contributed by atoms with Gasteiger partial charge in [0.25, 0.3) is 0 Å². The first-order chi connectivity index (χ1) is 17.9. The first kappa shape index (κ1) is 31.4. The lowest BCUT2D eigenvalue weighted by Gasteiger charge is -2.32. The number of benzene rings is 2. The molecule has 0 radical (unpaired) electrons. The molecule has 2 atom stereocenters. The molecule has 210 valence electrons. The smallest absolute Gasteiger partial charge is 0.243 e. The third-order valence-electron chi connectivity index (χ3n) is 6.49. The van der Waals surface area contributed by atoms with Crippen molar-refractivity contribution in [3.8, 4) is 5.75 Å². The number of nitrogens with zero attached hydrogens (tertiary/aromatic N) is 2. The van der Waals surface area contributed by atoms with Gasteiger partial charge in [0.1, 0.15) is 11.8 Å². The van der Waals surface area contributed by atoms with Gasteiger partial charge in [0.15, 0.2) is 0 Å². The molecule has 2 aromatic rings. The van der Waals surface area contributed by atoms with E-state index in [0.29, 0.717) is 22.9 Å². The zero-order valence-electron chi connectivity index (χ0n) is 23.2. The topological polar surface area (TPSA) is 96.0 Å². The van der Waals surface area contributed by atoms with Gasteiger partial charge in [-0.15, -0.1) is 0 Å². The van der Waals surface area contributed by atoms with E-state index in [0.717, 1.165) is 23.8 Å². The van der Waals surface area contributed by atoms with Crippen molar-refractivity contribution in [3.63, 3.8) is 0 Å². The summed E-state index contributed by atoms with van der Waals surface area (Å²) in [5.74, 6) is 0.282. The van der Waals surface area contributed by atoms with Crippen LogP contribution >= 0.6 is 11.6 Å². The molecule has 38 heavy (non-hydrogen) atoms. The first-order valence-corrected chi connectivity index (χ1v) is 15.1. The van der Waals surface area contributed by atoms with Crippen molar-refractivity contribution in [2.75, 3.05) is 24.2 Å². The number of amides is 2. The number of aryl methyl sites for hydroxylation is 1. The monoisotopic (exact) mass is 565 g/mol. The molecule has 2 rings (SSSR count). The molecule has 1 N–H and O–H groups in total. The van der Waals surface area contributed by atoms with Crippen molar-refractivity contribution < 1.29 is 22.7 Å². The summed E-state index contributed by atoms with van der Waals surface area (Å²) in [5.41, 5.74) is 2.11. The normalized spacial score (nSPS) is 12.9. The molecule has 10 heteroatoms. The van der Waals surface area contributed by atoms with Crippen LogP contribution in [0.3, 0.4) is 0 Å². The fourth-order valence-corrected chi connectivity index (χ4v) is 5.30. The van der Waals surface area contributed by atoms with Gasteiger partial charge in [0.05, 0.1) is 19.1 Å². The van der Waals surface area contributed by atoms with E-state index in [1.807, 2.05) is 52.0 Å². The van der Waals surface area contributed by atoms with Crippen molar-refractivity contribution in [3.05, 3.63) is 58.6 Å². The standard InChI is InChI=1S/C28H40ClN3O5S/c1-7-21(4)30-28(34)25(8-2)31(19-22-12-15-24(37-5)16-13-22)27(33)10-9-17-32(38(6,35)36)26-18-23(29)14-11-20(26)3/h11-16,18,21,25H,7-10,17,19H2,1-6H3,(H,30,34)/t21-,25-/m0/s1. The van der Waals surface area contributed by atoms with Crippen molar-refractivity contribution in [1.29, 1.82) is 0 Å². The molecule has 0 fully saturated rings. The minimum Gasteiger partial charge on any atom is -0.497 e. The number of ether oxygens (including phenoxy) is 1. The first-order valence-electron chi connectivity index (χ1n) is 12.9. The summed E-state index contributed by atoms with van der Waals surface area (Å²) in [7, 11) is -2.02. The molecule has 0 unspecified atom stereocenters. The van der Waals surface area contributed by atoms with Crippen molar-refractivity contribution in [2.24, 2.45) is 0 Å². The number of rotatable bonds is 14. The molecule has 0 bridgehead atoms. The average Bonchev–Trinajstić information content (AvgIpc) is 2.87. The minimum absolute atomic E-state index is 0.0151. The highest BCUT2D eigenvalue weighted by Crippen LogP contribution is 2.27. The molecule has 0 aliphatic rings. The summed E-state index contributed by atoms with van der Waals surface area (Å²) in [6.07, 6.45) is 2.72. The fourth-order valence-electron chi connectivity index (χ4n) is 4.12. The van der Waals surface area contributed by atoms with E-state index >= 15 is 0 Å². The predicted octanol–water partition coefficient (Wildman–Crippen LogP) is 4.93. The summed E-state index contributed by atoms with van der Waals surface area (Å²) in [6, 6.07) is 11.8. The van der Waals surface area contributed by atoms with Crippen LogP contribution in [0.25, 0.3) is 0 Å². The van der Waals surface area contributed by atoms with Crippen LogP contribution in [0.15, 0.2) is 42.5 Å². The van der Waals surface area contributed by atoms with Crippen molar-refractivity contribution in [1.82, 2.24) is 10.2 Å². The number of sulfonamides is 1. The van der Waals surface area contributed by atoms with Gasteiger partial charge < -0.3 is 15.0 Å². The maximum absolute atomic E-state index is 13.6. The number of methoxy groups -OCH3 is 1. The number of carbonyl (C=O) groups excluding carboxylic acids is 2. The Hall–Kier alpha value is -2.78.